The molecule has 6 nitrogen and oxygen atoms in total. The summed E-state index contributed by atoms with van der Waals surface area (Å²) in [6, 6.07) is 4.91. The summed E-state index contributed by atoms with van der Waals surface area (Å²) < 4.78 is 4.92. The van der Waals surface area contributed by atoms with Crippen molar-refractivity contribution >= 4 is 46.5 Å². The van der Waals surface area contributed by atoms with Gasteiger partial charge in [0, 0.05) is 5.02 Å². The molecule has 0 unspecified atom stereocenters. The van der Waals surface area contributed by atoms with Gasteiger partial charge in [-0.25, -0.2) is 4.79 Å². The van der Waals surface area contributed by atoms with E-state index < -0.39 is 5.97 Å². The Balaban J connectivity index is 2.32. The van der Waals surface area contributed by atoms with E-state index in [1.165, 1.54) is 0 Å². The lowest BCUT2D eigenvalue weighted by atomic mass is 10.2. The highest BCUT2D eigenvalue weighted by Gasteiger charge is 2.20. The first-order chi connectivity index (χ1) is 9.52. The van der Waals surface area contributed by atoms with E-state index in [1.54, 1.807) is 25.1 Å². The number of aromatic nitrogens is 2. The Labute approximate surface area is 125 Å². The summed E-state index contributed by atoms with van der Waals surface area (Å²) >= 11 is 11.9. The third kappa shape index (κ3) is 2.97. The van der Waals surface area contributed by atoms with Gasteiger partial charge in [-0.05, 0) is 25.1 Å². The highest BCUT2D eigenvalue weighted by Crippen LogP contribution is 2.30. The Hall–Kier alpha value is -1.92. The van der Waals surface area contributed by atoms with Crippen LogP contribution in [-0.2, 0) is 4.74 Å². The van der Waals surface area contributed by atoms with Gasteiger partial charge in [0.2, 0.25) is 0 Å². The molecule has 0 saturated heterocycles. The van der Waals surface area contributed by atoms with Gasteiger partial charge in [0.15, 0.2) is 5.82 Å². The van der Waals surface area contributed by atoms with Crippen molar-refractivity contribution in [1.29, 1.82) is 0 Å². The fourth-order valence-electron chi connectivity index (χ4n) is 1.57. The number of anilines is 3. The fourth-order valence-corrected chi connectivity index (χ4v) is 2.03. The second kappa shape index (κ2) is 6.02. The monoisotopic (exact) mass is 314 g/mol. The number of nitrogens with two attached hydrogens (primary N) is 1. The van der Waals surface area contributed by atoms with Crippen LogP contribution >= 0.6 is 23.2 Å². The van der Waals surface area contributed by atoms with Gasteiger partial charge < -0.3 is 15.8 Å². The Morgan fingerprint density at radius 2 is 2.25 bits per heavy atom. The molecule has 8 heteroatoms. The molecule has 1 heterocycles. The maximum Gasteiger partial charge on any atom is 0.345 e. The zero-order chi connectivity index (χ0) is 14.7. The summed E-state index contributed by atoms with van der Waals surface area (Å²) in [7, 11) is 0. The highest BCUT2D eigenvalue weighted by atomic mass is 35.5. The topological polar surface area (TPSA) is 93.0 Å². The van der Waals surface area contributed by atoms with E-state index >= 15 is 0 Å². The molecule has 2 aromatic rings. The van der Waals surface area contributed by atoms with Crippen molar-refractivity contribution < 1.29 is 9.53 Å². The molecule has 1 aromatic carbocycles. The number of H-pyrrole nitrogens is 1. The molecule has 106 valence electrons. The average molecular weight is 315 g/mol. The molecule has 0 spiro atoms. The lowest BCUT2D eigenvalue weighted by Gasteiger charge is -2.08. The third-order valence-corrected chi connectivity index (χ3v) is 3.01. The van der Waals surface area contributed by atoms with Gasteiger partial charge >= 0.3 is 5.97 Å². The van der Waals surface area contributed by atoms with Crippen molar-refractivity contribution in [3.63, 3.8) is 0 Å². The SMILES string of the molecule is CCOC(=O)c1c(Nc2ccc(Cl)cc2Cl)n[nH]c1N. The first-order valence-corrected chi connectivity index (χ1v) is 6.51. The van der Waals surface area contributed by atoms with Crippen LogP contribution in [0.25, 0.3) is 0 Å². The Morgan fingerprint density at radius 3 is 2.90 bits per heavy atom. The van der Waals surface area contributed by atoms with Crippen molar-refractivity contribution in [2.45, 2.75) is 6.92 Å². The van der Waals surface area contributed by atoms with Gasteiger partial charge in [0.1, 0.15) is 11.4 Å². The number of esters is 1. The second-order valence-corrected chi connectivity index (χ2v) is 4.67. The molecule has 0 fully saturated rings. The number of nitrogens with one attached hydrogen (secondary N) is 2. The molecule has 20 heavy (non-hydrogen) atoms. The van der Waals surface area contributed by atoms with E-state index in [0.29, 0.717) is 15.7 Å². The third-order valence-electron chi connectivity index (χ3n) is 2.46. The quantitative estimate of drug-likeness (QED) is 0.753. The molecule has 0 saturated carbocycles. The highest BCUT2D eigenvalue weighted by molar-refractivity contribution is 6.36. The average Bonchev–Trinajstić information content (AvgIpc) is 2.74. The standard InChI is InChI=1S/C12H12Cl2N4O2/c1-2-20-12(19)9-10(15)17-18-11(9)16-8-4-3-6(13)5-7(8)14/h3-5H,2H2,1H3,(H4,15,16,17,18). The smallest absolute Gasteiger partial charge is 0.345 e. The number of nitrogen functional groups attached to an aromatic ring is 1. The number of halogens is 2. The first kappa shape index (κ1) is 14.5. The lowest BCUT2D eigenvalue weighted by molar-refractivity contribution is 0.0529. The van der Waals surface area contributed by atoms with Crippen molar-refractivity contribution in [2.75, 3.05) is 17.7 Å². The zero-order valence-corrected chi connectivity index (χ0v) is 12.0. The predicted octanol–water partition coefficient (Wildman–Crippen LogP) is 3.22. The van der Waals surface area contributed by atoms with Crippen molar-refractivity contribution in [2.24, 2.45) is 0 Å². The number of rotatable bonds is 4. The minimum atomic E-state index is -0.564. The maximum atomic E-state index is 11.8. The lowest BCUT2D eigenvalue weighted by Crippen LogP contribution is -2.09. The summed E-state index contributed by atoms with van der Waals surface area (Å²) in [5.74, 6) is -0.201. The predicted molar refractivity (Wildman–Crippen MR) is 78.7 cm³/mol. The molecular weight excluding hydrogens is 303 g/mol. The van der Waals surface area contributed by atoms with Gasteiger partial charge in [-0.1, -0.05) is 23.2 Å². The zero-order valence-electron chi connectivity index (χ0n) is 10.5. The molecule has 0 aliphatic rings. The number of aromatic amines is 1. The maximum absolute atomic E-state index is 11.8. The molecule has 2 rings (SSSR count). The van der Waals surface area contributed by atoms with E-state index in [1.807, 2.05) is 0 Å². The van der Waals surface area contributed by atoms with Crippen molar-refractivity contribution in [3.8, 4) is 0 Å². The van der Waals surface area contributed by atoms with Crippen LogP contribution in [-0.4, -0.2) is 22.8 Å². The molecule has 0 bridgehead atoms. The van der Waals surface area contributed by atoms with Gasteiger partial charge in [0.25, 0.3) is 0 Å². The van der Waals surface area contributed by atoms with Gasteiger partial charge in [0.05, 0.1) is 17.3 Å². The first-order valence-electron chi connectivity index (χ1n) is 5.76. The van der Waals surface area contributed by atoms with Crippen LogP contribution in [0.15, 0.2) is 18.2 Å². The minimum Gasteiger partial charge on any atom is -0.462 e. The van der Waals surface area contributed by atoms with E-state index in [2.05, 4.69) is 15.5 Å². The summed E-state index contributed by atoms with van der Waals surface area (Å²) in [6.07, 6.45) is 0. The number of nitrogens with zero attached hydrogens (tertiary/aromatic N) is 1. The number of hydrogen-bond donors (Lipinski definition) is 3. The van der Waals surface area contributed by atoms with E-state index in [0.717, 1.165) is 0 Å². The number of ether oxygens (including phenoxy) is 1. The van der Waals surface area contributed by atoms with E-state index in [-0.39, 0.29) is 23.8 Å². The molecule has 0 radical (unpaired) electrons. The normalized spacial score (nSPS) is 10.3. The minimum absolute atomic E-state index is 0.121. The number of carbonyl (C=O) groups excluding carboxylic acids is 1. The van der Waals surface area contributed by atoms with Gasteiger partial charge in [-0.15, -0.1) is 0 Å². The number of carbonyl (C=O) groups is 1. The molecule has 0 amide bonds. The molecule has 4 N–H and O–H groups in total. The Bertz CT molecular complexity index is 642. The Morgan fingerprint density at radius 1 is 1.50 bits per heavy atom. The van der Waals surface area contributed by atoms with E-state index in [9.17, 15) is 4.79 Å². The molecule has 1 aromatic heterocycles. The summed E-state index contributed by atoms with van der Waals surface area (Å²) in [5, 5.41) is 10.3. The van der Waals surface area contributed by atoms with E-state index in [4.69, 9.17) is 33.7 Å². The van der Waals surface area contributed by atoms with Crippen LogP contribution in [0, 0.1) is 0 Å². The summed E-state index contributed by atoms with van der Waals surface area (Å²) in [6.45, 7) is 1.95. The summed E-state index contributed by atoms with van der Waals surface area (Å²) in [5.41, 5.74) is 6.36. The van der Waals surface area contributed by atoms with Crippen molar-refractivity contribution in [1.82, 2.24) is 10.2 Å². The summed E-state index contributed by atoms with van der Waals surface area (Å²) in [4.78, 5) is 11.8. The largest absolute Gasteiger partial charge is 0.462 e. The fraction of sp³-hybridized carbons (Fsp3) is 0.167. The Kier molecular flexibility index (Phi) is 4.36. The van der Waals surface area contributed by atoms with Crippen LogP contribution in [0.4, 0.5) is 17.3 Å². The van der Waals surface area contributed by atoms with Crippen LogP contribution in [0.2, 0.25) is 10.0 Å². The van der Waals surface area contributed by atoms with Crippen LogP contribution in [0.3, 0.4) is 0 Å². The molecule has 0 aliphatic carbocycles. The van der Waals surface area contributed by atoms with Gasteiger partial charge in [-0.2, -0.15) is 5.10 Å². The molecule has 0 atom stereocenters. The second-order valence-electron chi connectivity index (χ2n) is 3.83. The number of benzene rings is 1. The van der Waals surface area contributed by atoms with Crippen LogP contribution < -0.4 is 11.1 Å². The van der Waals surface area contributed by atoms with Crippen LogP contribution in [0.1, 0.15) is 17.3 Å². The molecular formula is C12H12Cl2N4O2. The van der Waals surface area contributed by atoms with Crippen molar-refractivity contribution in [3.05, 3.63) is 33.8 Å². The number of hydrogen-bond acceptors (Lipinski definition) is 5. The van der Waals surface area contributed by atoms with Gasteiger partial charge in [-0.3, -0.25) is 5.10 Å². The molecule has 0 aliphatic heterocycles. The van der Waals surface area contributed by atoms with Crippen LogP contribution in [0.5, 0.6) is 0 Å².